The van der Waals surface area contributed by atoms with E-state index in [0.29, 0.717) is 12.1 Å². The highest BCUT2D eigenvalue weighted by Crippen LogP contribution is 2.41. The smallest absolute Gasteiger partial charge is 0.416 e. The van der Waals surface area contributed by atoms with Crippen LogP contribution in [0.3, 0.4) is 0 Å². The predicted molar refractivity (Wildman–Crippen MR) is 118 cm³/mol. The number of hydrogen-bond donors (Lipinski definition) is 1. The van der Waals surface area contributed by atoms with Gasteiger partial charge in [0.15, 0.2) is 0 Å². The number of carbonyl (C=O) groups excluding carboxylic acids is 2. The highest BCUT2D eigenvalue weighted by molar-refractivity contribution is 6.07. The summed E-state index contributed by atoms with van der Waals surface area (Å²) in [5.41, 5.74) is 0.639. The molecule has 0 spiro atoms. The number of phenolic OH excluding ortho intramolecular Hbond substituents is 1. The van der Waals surface area contributed by atoms with Crippen LogP contribution in [0.1, 0.15) is 36.5 Å². The number of hydrogen-bond acceptors (Lipinski definition) is 6. The van der Waals surface area contributed by atoms with Crippen molar-refractivity contribution in [2.45, 2.75) is 32.4 Å². The van der Waals surface area contributed by atoms with E-state index < -0.39 is 35.5 Å². The molecule has 6 nitrogen and oxygen atoms in total. The van der Waals surface area contributed by atoms with Crippen LogP contribution in [0.4, 0.5) is 13.2 Å². The highest BCUT2D eigenvalue weighted by Gasteiger charge is 2.43. The number of rotatable bonds is 6. The molecule has 0 bridgehead atoms. The summed E-state index contributed by atoms with van der Waals surface area (Å²) in [6.07, 6.45) is -4.24. The number of methoxy groups -OCH3 is 1. The zero-order valence-corrected chi connectivity index (χ0v) is 18.8. The Hall–Kier alpha value is -3.62. The van der Waals surface area contributed by atoms with Crippen LogP contribution in [0.5, 0.6) is 5.75 Å². The normalized spacial score (nSPS) is 18.4. The van der Waals surface area contributed by atoms with Crippen LogP contribution < -0.4 is 0 Å². The average molecular weight is 475 g/mol. The van der Waals surface area contributed by atoms with Gasteiger partial charge in [-0.1, -0.05) is 30.3 Å². The van der Waals surface area contributed by atoms with Crippen molar-refractivity contribution in [2.75, 3.05) is 13.7 Å². The molecule has 0 aromatic heterocycles. The summed E-state index contributed by atoms with van der Waals surface area (Å²) in [5, 5.41) is 9.38. The minimum absolute atomic E-state index is 0.00558. The lowest BCUT2D eigenvalue weighted by atomic mass is 9.75. The number of benzene rings is 2. The van der Waals surface area contributed by atoms with E-state index in [-0.39, 0.29) is 29.2 Å². The molecule has 180 valence electrons. The Kier molecular flexibility index (Phi) is 7.44. The minimum Gasteiger partial charge on any atom is -0.508 e. The van der Waals surface area contributed by atoms with Crippen LogP contribution >= 0.6 is 0 Å². The van der Waals surface area contributed by atoms with Gasteiger partial charge in [0, 0.05) is 23.7 Å². The zero-order valence-electron chi connectivity index (χ0n) is 18.8. The standard InChI is InChI=1S/C25H24F3NO5/c1-14-20(23(31)33-3)22(17-5-4-6-18(13-17)25(26,27)28)21(15(2)29-14)24(32)34-12-11-16-7-9-19(30)10-8-16/h4-10,13,20,22,30H,11-12H2,1-3H3. The van der Waals surface area contributed by atoms with Crippen molar-refractivity contribution >= 4 is 17.7 Å². The number of phenols is 1. The van der Waals surface area contributed by atoms with Gasteiger partial charge in [-0.2, -0.15) is 13.2 Å². The molecule has 1 heterocycles. The average Bonchev–Trinajstić information content (AvgIpc) is 2.79. The van der Waals surface area contributed by atoms with Crippen molar-refractivity contribution in [1.29, 1.82) is 0 Å². The Morgan fingerprint density at radius 2 is 1.76 bits per heavy atom. The molecule has 2 unspecified atom stereocenters. The molecule has 0 radical (unpaired) electrons. The lowest BCUT2D eigenvalue weighted by Gasteiger charge is -2.31. The second-order valence-corrected chi connectivity index (χ2v) is 7.91. The number of aliphatic imine (C=N–C) groups is 1. The van der Waals surface area contributed by atoms with Gasteiger partial charge < -0.3 is 14.6 Å². The first-order valence-corrected chi connectivity index (χ1v) is 10.5. The topological polar surface area (TPSA) is 85.2 Å². The van der Waals surface area contributed by atoms with Gasteiger partial charge in [0.2, 0.25) is 0 Å². The molecule has 1 N–H and O–H groups in total. The second kappa shape index (κ2) is 10.1. The number of ether oxygens (including phenoxy) is 2. The van der Waals surface area contributed by atoms with Crippen molar-refractivity contribution in [3.05, 3.63) is 76.5 Å². The molecule has 9 heteroatoms. The van der Waals surface area contributed by atoms with Crippen molar-refractivity contribution in [2.24, 2.45) is 10.9 Å². The van der Waals surface area contributed by atoms with E-state index in [0.717, 1.165) is 17.7 Å². The molecule has 2 atom stereocenters. The maximum Gasteiger partial charge on any atom is 0.416 e. The first-order valence-electron chi connectivity index (χ1n) is 10.5. The van der Waals surface area contributed by atoms with E-state index in [1.54, 1.807) is 26.0 Å². The van der Waals surface area contributed by atoms with E-state index >= 15 is 0 Å². The third-order valence-corrected chi connectivity index (χ3v) is 5.64. The van der Waals surface area contributed by atoms with Gasteiger partial charge in [-0.15, -0.1) is 0 Å². The van der Waals surface area contributed by atoms with Gasteiger partial charge in [-0.05, 0) is 43.2 Å². The molecule has 0 fully saturated rings. The fourth-order valence-corrected chi connectivity index (χ4v) is 4.00. The molecular weight excluding hydrogens is 451 g/mol. The zero-order chi connectivity index (χ0) is 25.0. The van der Waals surface area contributed by atoms with E-state index in [2.05, 4.69) is 4.99 Å². The summed E-state index contributed by atoms with van der Waals surface area (Å²) in [5.74, 6) is -3.53. The molecule has 1 aliphatic heterocycles. The van der Waals surface area contributed by atoms with E-state index in [1.807, 2.05) is 0 Å². The van der Waals surface area contributed by atoms with E-state index in [1.165, 1.54) is 31.4 Å². The lowest BCUT2D eigenvalue weighted by Crippen LogP contribution is -2.36. The third kappa shape index (κ3) is 5.47. The summed E-state index contributed by atoms with van der Waals surface area (Å²) < 4.78 is 50.5. The Labute approximate surface area is 194 Å². The van der Waals surface area contributed by atoms with Gasteiger partial charge in [-0.25, -0.2) is 4.79 Å². The quantitative estimate of drug-likeness (QED) is 0.606. The fraction of sp³-hybridized carbons (Fsp3) is 0.320. The SMILES string of the molecule is COC(=O)C1C(C)=NC(C)=C(C(=O)OCCc2ccc(O)cc2)C1c1cccc(C(F)(F)F)c1. The van der Waals surface area contributed by atoms with Gasteiger partial charge in [-0.3, -0.25) is 9.79 Å². The van der Waals surface area contributed by atoms with E-state index in [4.69, 9.17) is 9.47 Å². The highest BCUT2D eigenvalue weighted by atomic mass is 19.4. The molecular formula is C25H24F3NO5. The predicted octanol–water partition coefficient (Wildman–Crippen LogP) is 4.82. The first kappa shape index (κ1) is 25.0. The summed E-state index contributed by atoms with van der Waals surface area (Å²) in [7, 11) is 1.17. The van der Waals surface area contributed by atoms with Crippen LogP contribution in [0.2, 0.25) is 0 Å². The molecule has 0 saturated carbocycles. The number of allylic oxidation sites excluding steroid dienone is 1. The van der Waals surface area contributed by atoms with Gasteiger partial charge in [0.05, 0.1) is 24.9 Å². The van der Waals surface area contributed by atoms with Crippen LogP contribution in [-0.2, 0) is 31.7 Å². The molecule has 3 rings (SSSR count). The van der Waals surface area contributed by atoms with Gasteiger partial charge in [0.1, 0.15) is 11.7 Å². The molecule has 0 aliphatic carbocycles. The van der Waals surface area contributed by atoms with Crippen LogP contribution in [0.25, 0.3) is 0 Å². The number of esters is 2. The molecule has 34 heavy (non-hydrogen) atoms. The van der Waals surface area contributed by atoms with Crippen molar-refractivity contribution in [1.82, 2.24) is 0 Å². The largest absolute Gasteiger partial charge is 0.508 e. The number of alkyl halides is 3. The Bertz CT molecular complexity index is 1140. The molecule has 2 aromatic rings. The second-order valence-electron chi connectivity index (χ2n) is 7.91. The maximum atomic E-state index is 13.4. The number of nitrogens with zero attached hydrogens (tertiary/aromatic N) is 1. The van der Waals surface area contributed by atoms with Crippen LogP contribution in [0.15, 0.2) is 64.8 Å². The Morgan fingerprint density at radius 1 is 1.09 bits per heavy atom. The van der Waals surface area contributed by atoms with Crippen LogP contribution in [0, 0.1) is 5.92 Å². The fourth-order valence-electron chi connectivity index (χ4n) is 4.00. The first-order chi connectivity index (χ1) is 16.0. The summed E-state index contributed by atoms with van der Waals surface area (Å²) in [6, 6.07) is 10.9. The summed E-state index contributed by atoms with van der Waals surface area (Å²) in [4.78, 5) is 30.0. The Balaban J connectivity index is 1.96. The maximum absolute atomic E-state index is 13.4. The van der Waals surface area contributed by atoms with Gasteiger partial charge in [0.25, 0.3) is 0 Å². The van der Waals surface area contributed by atoms with Crippen molar-refractivity contribution in [3.8, 4) is 5.75 Å². The summed E-state index contributed by atoms with van der Waals surface area (Å²) in [6.45, 7) is 3.11. The molecule has 0 saturated heterocycles. The number of halogens is 3. The summed E-state index contributed by atoms with van der Waals surface area (Å²) >= 11 is 0. The number of aromatic hydroxyl groups is 1. The van der Waals surface area contributed by atoms with Gasteiger partial charge >= 0.3 is 18.1 Å². The van der Waals surface area contributed by atoms with Crippen molar-refractivity contribution in [3.63, 3.8) is 0 Å². The van der Waals surface area contributed by atoms with E-state index in [9.17, 15) is 27.9 Å². The lowest BCUT2D eigenvalue weighted by molar-refractivity contribution is -0.144. The third-order valence-electron chi connectivity index (χ3n) is 5.64. The minimum atomic E-state index is -4.60. The Morgan fingerprint density at radius 3 is 2.38 bits per heavy atom. The van der Waals surface area contributed by atoms with Crippen LogP contribution in [-0.4, -0.2) is 36.5 Å². The molecule has 1 aliphatic rings. The monoisotopic (exact) mass is 475 g/mol. The number of carbonyl (C=O) groups is 2. The molecule has 0 amide bonds. The van der Waals surface area contributed by atoms with Crippen molar-refractivity contribution < 1.29 is 37.3 Å². The molecule has 2 aromatic carbocycles.